The normalized spacial score (nSPS) is 17.9. The molecule has 1 aliphatic rings. The van der Waals surface area contributed by atoms with E-state index in [9.17, 15) is 14.4 Å². The molecule has 0 aliphatic carbocycles. The number of hydrogen-bond donors (Lipinski definition) is 3. The molecule has 7 heteroatoms. The minimum Gasteiger partial charge on any atom is -0.480 e. The van der Waals surface area contributed by atoms with Crippen molar-refractivity contribution in [3.8, 4) is 0 Å². The van der Waals surface area contributed by atoms with E-state index < -0.39 is 23.9 Å². The van der Waals surface area contributed by atoms with Gasteiger partial charge in [0, 0.05) is 6.54 Å². The Morgan fingerprint density at radius 2 is 1.95 bits per heavy atom. The molecule has 7 nitrogen and oxygen atoms in total. The number of benzene rings is 1. The Hall–Kier alpha value is -2.41. The van der Waals surface area contributed by atoms with Crippen LogP contribution in [0.3, 0.4) is 0 Å². The van der Waals surface area contributed by atoms with Crippen LogP contribution in [-0.2, 0) is 16.1 Å². The third-order valence-electron chi connectivity index (χ3n) is 3.54. The number of likely N-dealkylation sites (tertiary alicyclic amines) is 1. The quantitative estimate of drug-likeness (QED) is 0.738. The van der Waals surface area contributed by atoms with Gasteiger partial charge in [-0.05, 0) is 24.9 Å². The number of carboxylic acid groups (broad SMARTS) is 1. The van der Waals surface area contributed by atoms with Gasteiger partial charge in [-0.2, -0.15) is 0 Å². The van der Waals surface area contributed by atoms with Crippen molar-refractivity contribution >= 4 is 17.9 Å². The predicted molar refractivity (Wildman–Crippen MR) is 79.1 cm³/mol. The molecule has 118 valence electrons. The zero-order valence-corrected chi connectivity index (χ0v) is 12.1. The van der Waals surface area contributed by atoms with Crippen molar-refractivity contribution in [1.29, 1.82) is 0 Å². The lowest BCUT2D eigenvalue weighted by atomic mass is 10.2. The van der Waals surface area contributed by atoms with Gasteiger partial charge in [0.1, 0.15) is 6.04 Å². The van der Waals surface area contributed by atoms with Crippen molar-refractivity contribution in [3.63, 3.8) is 0 Å². The molecule has 3 amide bonds. The summed E-state index contributed by atoms with van der Waals surface area (Å²) in [5.74, 6) is -1.43. The van der Waals surface area contributed by atoms with Crippen LogP contribution >= 0.6 is 0 Å². The van der Waals surface area contributed by atoms with Crippen molar-refractivity contribution in [2.24, 2.45) is 0 Å². The number of nitrogens with zero attached hydrogens (tertiary/aromatic N) is 1. The molecule has 1 fully saturated rings. The molecule has 1 aliphatic heterocycles. The van der Waals surface area contributed by atoms with Crippen LogP contribution in [0.15, 0.2) is 30.3 Å². The lowest BCUT2D eigenvalue weighted by molar-refractivity contribution is -0.142. The third-order valence-corrected chi connectivity index (χ3v) is 3.54. The van der Waals surface area contributed by atoms with E-state index in [1.165, 1.54) is 0 Å². The van der Waals surface area contributed by atoms with Crippen LogP contribution < -0.4 is 10.6 Å². The van der Waals surface area contributed by atoms with Gasteiger partial charge in [-0.15, -0.1) is 0 Å². The second-order valence-electron chi connectivity index (χ2n) is 5.18. The van der Waals surface area contributed by atoms with E-state index in [0.717, 1.165) is 12.0 Å². The Bertz CT molecular complexity index is 547. The van der Waals surface area contributed by atoms with Gasteiger partial charge in [-0.25, -0.2) is 4.79 Å². The molecule has 1 saturated heterocycles. The first kappa shape index (κ1) is 16.0. The van der Waals surface area contributed by atoms with Gasteiger partial charge in [0.15, 0.2) is 0 Å². The Morgan fingerprint density at radius 1 is 1.23 bits per heavy atom. The highest BCUT2D eigenvalue weighted by atomic mass is 16.4. The number of carbonyl (C=O) groups excluding carboxylic acids is 2. The number of urea groups is 1. The topological polar surface area (TPSA) is 98.7 Å². The smallest absolute Gasteiger partial charge is 0.321 e. The first-order valence-electron chi connectivity index (χ1n) is 7.14. The fourth-order valence-corrected chi connectivity index (χ4v) is 2.47. The van der Waals surface area contributed by atoms with Crippen LogP contribution in [0.5, 0.6) is 0 Å². The number of aliphatic carboxylic acids is 1. The number of rotatable bonds is 5. The Morgan fingerprint density at radius 3 is 2.64 bits per heavy atom. The number of carboxylic acids is 1. The van der Waals surface area contributed by atoms with Gasteiger partial charge < -0.3 is 10.4 Å². The summed E-state index contributed by atoms with van der Waals surface area (Å²) >= 11 is 0. The molecular formula is C15H19N3O4. The number of hydrogen-bond acceptors (Lipinski definition) is 4. The molecule has 1 atom stereocenters. The van der Waals surface area contributed by atoms with E-state index in [2.05, 4.69) is 10.6 Å². The highest BCUT2D eigenvalue weighted by molar-refractivity contribution is 5.95. The summed E-state index contributed by atoms with van der Waals surface area (Å²) in [6.07, 6.45) is 1.27. The van der Waals surface area contributed by atoms with Crippen molar-refractivity contribution in [3.05, 3.63) is 35.9 Å². The molecule has 3 N–H and O–H groups in total. The minimum absolute atomic E-state index is 0.0876. The van der Waals surface area contributed by atoms with E-state index in [4.69, 9.17) is 5.11 Å². The zero-order chi connectivity index (χ0) is 15.9. The summed E-state index contributed by atoms with van der Waals surface area (Å²) in [4.78, 5) is 36.0. The summed E-state index contributed by atoms with van der Waals surface area (Å²) in [5, 5.41) is 13.8. The highest BCUT2D eigenvalue weighted by Gasteiger charge is 2.31. The maximum absolute atomic E-state index is 11.8. The van der Waals surface area contributed by atoms with E-state index in [1.807, 2.05) is 30.3 Å². The van der Waals surface area contributed by atoms with Gasteiger partial charge in [-0.3, -0.25) is 19.8 Å². The number of carbonyl (C=O) groups is 3. The molecule has 0 spiro atoms. The maximum Gasteiger partial charge on any atom is 0.321 e. The van der Waals surface area contributed by atoms with E-state index in [1.54, 1.807) is 4.90 Å². The van der Waals surface area contributed by atoms with Gasteiger partial charge >= 0.3 is 12.0 Å². The molecule has 1 aromatic rings. The zero-order valence-electron chi connectivity index (χ0n) is 12.1. The molecule has 0 saturated carbocycles. The summed E-state index contributed by atoms with van der Waals surface area (Å²) in [6, 6.07) is 8.10. The summed E-state index contributed by atoms with van der Waals surface area (Å²) in [6.45, 7) is 0.785. The number of nitrogens with one attached hydrogen (secondary N) is 2. The van der Waals surface area contributed by atoms with E-state index in [0.29, 0.717) is 19.5 Å². The second-order valence-corrected chi connectivity index (χ2v) is 5.18. The molecule has 0 unspecified atom stereocenters. The van der Waals surface area contributed by atoms with Gasteiger partial charge in [0.2, 0.25) is 5.91 Å². The molecular weight excluding hydrogens is 286 g/mol. The monoisotopic (exact) mass is 305 g/mol. The summed E-state index contributed by atoms with van der Waals surface area (Å²) in [5.41, 5.74) is 0.926. The first-order valence-corrected chi connectivity index (χ1v) is 7.14. The van der Waals surface area contributed by atoms with Crippen molar-refractivity contribution in [2.75, 3.05) is 13.1 Å². The minimum atomic E-state index is -0.932. The second kappa shape index (κ2) is 7.56. The third kappa shape index (κ3) is 4.56. The summed E-state index contributed by atoms with van der Waals surface area (Å²) in [7, 11) is 0. The summed E-state index contributed by atoms with van der Waals surface area (Å²) < 4.78 is 0. The average molecular weight is 305 g/mol. The molecule has 0 aromatic heterocycles. The van der Waals surface area contributed by atoms with Crippen LogP contribution in [0.25, 0.3) is 0 Å². The lowest BCUT2D eigenvalue weighted by Gasteiger charge is -2.19. The predicted octanol–water partition coefficient (Wildman–Crippen LogP) is 0.561. The van der Waals surface area contributed by atoms with Crippen LogP contribution in [0.4, 0.5) is 4.79 Å². The van der Waals surface area contributed by atoms with Crippen LogP contribution in [0, 0.1) is 0 Å². The number of imide groups is 1. The fourth-order valence-electron chi connectivity index (χ4n) is 2.47. The lowest BCUT2D eigenvalue weighted by Crippen LogP contribution is -2.46. The first-order chi connectivity index (χ1) is 10.6. The Labute approximate surface area is 128 Å². The largest absolute Gasteiger partial charge is 0.480 e. The molecule has 0 bridgehead atoms. The molecule has 1 aromatic carbocycles. The fraction of sp³-hybridized carbons (Fsp3) is 0.400. The van der Waals surface area contributed by atoms with Crippen LogP contribution in [-0.4, -0.2) is 47.0 Å². The van der Waals surface area contributed by atoms with E-state index in [-0.39, 0.29) is 6.54 Å². The van der Waals surface area contributed by atoms with Gasteiger partial charge in [0.25, 0.3) is 0 Å². The number of amides is 3. The van der Waals surface area contributed by atoms with Crippen molar-refractivity contribution < 1.29 is 19.5 Å². The van der Waals surface area contributed by atoms with Crippen molar-refractivity contribution in [1.82, 2.24) is 15.5 Å². The van der Waals surface area contributed by atoms with Gasteiger partial charge in [0.05, 0.1) is 6.54 Å². The van der Waals surface area contributed by atoms with E-state index >= 15 is 0 Å². The molecule has 1 heterocycles. The highest BCUT2D eigenvalue weighted by Crippen LogP contribution is 2.16. The molecule has 0 radical (unpaired) electrons. The SMILES string of the molecule is O=C(CN1CCC[C@@H]1C(=O)O)NC(=O)NCc1ccccc1. The average Bonchev–Trinajstić information content (AvgIpc) is 2.94. The Balaban J connectivity index is 1.74. The van der Waals surface area contributed by atoms with Gasteiger partial charge in [-0.1, -0.05) is 30.3 Å². The molecule has 2 rings (SSSR count). The van der Waals surface area contributed by atoms with Crippen LogP contribution in [0.1, 0.15) is 18.4 Å². The van der Waals surface area contributed by atoms with Crippen LogP contribution in [0.2, 0.25) is 0 Å². The maximum atomic E-state index is 11.8. The molecule has 22 heavy (non-hydrogen) atoms. The van der Waals surface area contributed by atoms with Crippen molar-refractivity contribution in [2.45, 2.75) is 25.4 Å². The Kier molecular flexibility index (Phi) is 5.48. The standard InChI is InChI=1S/C15H19N3O4/c19-13(10-18-8-4-7-12(18)14(20)21)17-15(22)16-9-11-5-2-1-3-6-11/h1-3,5-6,12H,4,7-10H2,(H,20,21)(H2,16,17,19,22)/t12-/m1/s1.